The first-order valence-electron chi connectivity index (χ1n) is 12.2. The summed E-state index contributed by atoms with van der Waals surface area (Å²) in [6, 6.07) is 15.8. The van der Waals surface area contributed by atoms with Gasteiger partial charge in [0, 0.05) is 37.5 Å². The topological polar surface area (TPSA) is 53.0 Å². The summed E-state index contributed by atoms with van der Waals surface area (Å²) < 4.78 is 5.57. The first-order valence-corrected chi connectivity index (χ1v) is 12.2. The highest BCUT2D eigenvalue weighted by Crippen LogP contribution is 2.36. The molecule has 1 saturated heterocycles. The lowest BCUT2D eigenvalue weighted by atomic mass is 9.97. The minimum absolute atomic E-state index is 0.0347. The van der Waals surface area contributed by atoms with Crippen LogP contribution in [-0.2, 0) is 22.7 Å². The number of anilines is 1. The molecule has 0 bridgehead atoms. The molecule has 2 aromatic carbocycles. The lowest BCUT2D eigenvalue weighted by Gasteiger charge is -2.37. The Kier molecular flexibility index (Phi) is 7.86. The Labute approximate surface area is 203 Å². The molecular weight excluding hydrogens is 424 g/mol. The number of carbonyl (C=O) groups is 1. The zero-order valence-corrected chi connectivity index (χ0v) is 20.6. The second kappa shape index (κ2) is 11.0. The van der Waals surface area contributed by atoms with Crippen molar-refractivity contribution in [2.24, 2.45) is 0 Å². The van der Waals surface area contributed by atoms with Gasteiger partial charge in [0.2, 0.25) is 0 Å². The lowest BCUT2D eigenvalue weighted by molar-refractivity contribution is -0.138. The van der Waals surface area contributed by atoms with E-state index in [4.69, 9.17) is 9.84 Å². The number of carboxylic acid groups (broad SMARTS) is 1. The molecule has 1 aliphatic carbocycles. The number of piperidine rings is 1. The zero-order chi connectivity index (χ0) is 24.1. The molecule has 2 aliphatic rings. The molecule has 1 heterocycles. The average molecular weight is 461 g/mol. The van der Waals surface area contributed by atoms with Crippen LogP contribution in [0.3, 0.4) is 0 Å². The van der Waals surface area contributed by atoms with Crippen LogP contribution < -0.4 is 4.90 Å². The molecule has 1 N–H and O–H groups in total. The quantitative estimate of drug-likeness (QED) is 0.528. The Hall–Kier alpha value is -2.89. The van der Waals surface area contributed by atoms with E-state index in [2.05, 4.69) is 66.4 Å². The number of likely N-dealkylation sites (N-methyl/N-ethyl adjacent to an activating group) is 1. The maximum absolute atomic E-state index is 11.0. The number of ether oxygens (including phenoxy) is 1. The smallest absolute Gasteiger partial charge is 0.317 e. The fourth-order valence-corrected chi connectivity index (χ4v) is 5.17. The van der Waals surface area contributed by atoms with Gasteiger partial charge >= 0.3 is 5.97 Å². The maximum atomic E-state index is 11.0. The van der Waals surface area contributed by atoms with Crippen molar-refractivity contribution in [2.75, 3.05) is 32.1 Å². The number of benzene rings is 2. The van der Waals surface area contributed by atoms with E-state index in [0.717, 1.165) is 18.5 Å². The van der Waals surface area contributed by atoms with Crippen molar-refractivity contribution in [3.8, 4) is 0 Å². The van der Waals surface area contributed by atoms with E-state index in [-0.39, 0.29) is 6.54 Å². The van der Waals surface area contributed by atoms with Crippen molar-refractivity contribution in [3.05, 3.63) is 76.9 Å². The summed E-state index contributed by atoms with van der Waals surface area (Å²) in [5, 5.41) is 9.01. The van der Waals surface area contributed by atoms with Crippen LogP contribution in [0.2, 0.25) is 0 Å². The van der Waals surface area contributed by atoms with Gasteiger partial charge in [0.15, 0.2) is 0 Å². The first kappa shape index (κ1) is 24.2. The Morgan fingerprint density at radius 1 is 1.18 bits per heavy atom. The summed E-state index contributed by atoms with van der Waals surface area (Å²) in [6.45, 7) is 4.70. The van der Waals surface area contributed by atoms with E-state index in [1.54, 1.807) is 7.11 Å². The minimum atomic E-state index is -0.807. The van der Waals surface area contributed by atoms with Gasteiger partial charge < -0.3 is 14.7 Å². The molecule has 1 fully saturated rings. The van der Waals surface area contributed by atoms with Crippen molar-refractivity contribution in [1.82, 2.24) is 4.90 Å². The van der Waals surface area contributed by atoms with Gasteiger partial charge in [-0.2, -0.15) is 0 Å². The Bertz CT molecular complexity index is 1090. The number of methoxy groups -OCH3 is 1. The van der Waals surface area contributed by atoms with Gasteiger partial charge in [-0.1, -0.05) is 36.4 Å². The van der Waals surface area contributed by atoms with Crippen LogP contribution in [0.1, 0.15) is 54.9 Å². The Morgan fingerprint density at radius 3 is 2.79 bits per heavy atom. The molecule has 1 atom stereocenters. The van der Waals surface area contributed by atoms with Gasteiger partial charge in [-0.3, -0.25) is 9.69 Å². The van der Waals surface area contributed by atoms with Crippen molar-refractivity contribution < 1.29 is 14.6 Å². The summed E-state index contributed by atoms with van der Waals surface area (Å²) in [6.07, 6.45) is 9.29. The molecular formula is C29H36N2O3. The van der Waals surface area contributed by atoms with Crippen LogP contribution in [0.15, 0.2) is 54.6 Å². The van der Waals surface area contributed by atoms with Crippen molar-refractivity contribution in [1.29, 1.82) is 0 Å². The van der Waals surface area contributed by atoms with E-state index >= 15 is 0 Å². The minimum Gasteiger partial charge on any atom is -0.480 e. The molecule has 1 aliphatic heterocycles. The third-order valence-electron chi connectivity index (χ3n) is 6.85. The van der Waals surface area contributed by atoms with Crippen LogP contribution in [0, 0.1) is 0 Å². The summed E-state index contributed by atoms with van der Waals surface area (Å²) >= 11 is 0. The fraction of sp³-hybridized carbons (Fsp3) is 0.414. The summed E-state index contributed by atoms with van der Waals surface area (Å²) in [4.78, 5) is 15.3. The molecule has 4 rings (SSSR count). The van der Waals surface area contributed by atoms with Gasteiger partial charge in [-0.15, -0.1) is 0 Å². The van der Waals surface area contributed by atoms with E-state index in [1.165, 1.54) is 52.8 Å². The van der Waals surface area contributed by atoms with Gasteiger partial charge in [-0.05, 0) is 85.7 Å². The third-order valence-corrected chi connectivity index (χ3v) is 6.85. The molecule has 5 nitrogen and oxygen atoms in total. The largest absolute Gasteiger partial charge is 0.480 e. The molecule has 180 valence electrons. The number of aliphatic carboxylic acids is 1. The molecule has 1 unspecified atom stereocenters. The predicted octanol–water partition coefficient (Wildman–Crippen LogP) is 5.60. The Balaban J connectivity index is 1.53. The monoisotopic (exact) mass is 460 g/mol. The van der Waals surface area contributed by atoms with Crippen molar-refractivity contribution >= 4 is 22.8 Å². The normalized spacial score (nSPS) is 18.2. The van der Waals surface area contributed by atoms with Crippen LogP contribution in [0.5, 0.6) is 0 Å². The highest BCUT2D eigenvalue weighted by Gasteiger charge is 2.22. The number of nitrogens with zero attached hydrogens (tertiary/aromatic N) is 2. The highest BCUT2D eigenvalue weighted by atomic mass is 16.5. The van der Waals surface area contributed by atoms with Crippen molar-refractivity contribution in [3.63, 3.8) is 0 Å². The number of carboxylic acids is 1. The van der Waals surface area contributed by atoms with Gasteiger partial charge in [0.05, 0.1) is 13.2 Å². The first-order chi connectivity index (χ1) is 16.4. The second-order valence-electron chi connectivity index (χ2n) is 9.61. The second-order valence-corrected chi connectivity index (χ2v) is 9.61. The molecule has 34 heavy (non-hydrogen) atoms. The molecule has 0 aromatic heterocycles. The summed E-state index contributed by atoms with van der Waals surface area (Å²) in [5.41, 5.74) is 8.65. The van der Waals surface area contributed by atoms with Crippen LogP contribution >= 0.6 is 0 Å². The van der Waals surface area contributed by atoms with E-state index < -0.39 is 5.97 Å². The van der Waals surface area contributed by atoms with Gasteiger partial charge in [-0.25, -0.2) is 0 Å². The lowest BCUT2D eigenvalue weighted by Crippen LogP contribution is -2.38. The molecule has 2 aromatic rings. The highest BCUT2D eigenvalue weighted by molar-refractivity contribution is 5.90. The summed E-state index contributed by atoms with van der Waals surface area (Å²) in [5.74, 6) is -0.807. The number of hydrogen-bond acceptors (Lipinski definition) is 4. The van der Waals surface area contributed by atoms with E-state index in [1.807, 2.05) is 11.9 Å². The molecule has 0 amide bonds. The Morgan fingerprint density at radius 2 is 2.03 bits per heavy atom. The van der Waals surface area contributed by atoms with Crippen molar-refractivity contribution in [2.45, 2.75) is 51.8 Å². The van der Waals surface area contributed by atoms with Crippen LogP contribution in [0.4, 0.5) is 5.69 Å². The molecule has 5 heteroatoms. The molecule has 0 spiro atoms. The number of allylic oxidation sites excluding steroid dienone is 4. The summed E-state index contributed by atoms with van der Waals surface area (Å²) in [7, 11) is 3.60. The van der Waals surface area contributed by atoms with E-state index in [9.17, 15) is 4.79 Å². The zero-order valence-electron chi connectivity index (χ0n) is 20.6. The van der Waals surface area contributed by atoms with E-state index in [0.29, 0.717) is 19.2 Å². The molecule has 0 saturated carbocycles. The standard InChI is InChI=1S/C29H36N2O3/c1-21-7-4-5-14-31(21)28-13-12-26(17-27(28)20-34-3)25-11-10-24(16-25)23-9-6-8-22(15-23)18-30(2)19-29(32)33/h6,8-10,12-13,15-17,21H,4-5,7,11,14,18-20H2,1-3H3,(H,32,33). The third kappa shape index (κ3) is 5.78. The number of hydrogen-bond donors (Lipinski definition) is 1. The van der Waals surface area contributed by atoms with Crippen LogP contribution in [-0.4, -0.2) is 49.3 Å². The predicted molar refractivity (Wildman–Crippen MR) is 139 cm³/mol. The number of rotatable bonds is 9. The maximum Gasteiger partial charge on any atom is 0.317 e. The average Bonchev–Trinajstić information content (AvgIpc) is 3.30. The van der Waals surface area contributed by atoms with Crippen LogP contribution in [0.25, 0.3) is 11.1 Å². The fourth-order valence-electron chi connectivity index (χ4n) is 5.17. The van der Waals surface area contributed by atoms with Gasteiger partial charge in [0.1, 0.15) is 0 Å². The molecule has 0 radical (unpaired) electrons. The SMILES string of the molecule is COCc1cc(C2=CC(c3cccc(CN(C)CC(=O)O)c3)=CC2)ccc1N1CCCCC1C. The van der Waals surface area contributed by atoms with Gasteiger partial charge in [0.25, 0.3) is 0 Å².